The first kappa shape index (κ1) is 22.0. The fourth-order valence-corrected chi connectivity index (χ4v) is 3.96. The van der Waals surface area contributed by atoms with Crippen molar-refractivity contribution in [2.75, 3.05) is 12.4 Å². The fraction of sp³-hybridized carbons (Fsp3) is 0.269. The summed E-state index contributed by atoms with van der Waals surface area (Å²) in [5, 5.41) is 3.36. The van der Waals surface area contributed by atoms with Gasteiger partial charge in [-0.2, -0.15) is 0 Å². The molecule has 0 bridgehead atoms. The summed E-state index contributed by atoms with van der Waals surface area (Å²) in [6, 6.07) is 18.4. The summed E-state index contributed by atoms with van der Waals surface area (Å²) in [5.41, 5.74) is 3.13. The lowest BCUT2D eigenvalue weighted by Crippen LogP contribution is -2.30. The minimum Gasteiger partial charge on any atom is -0.493 e. The molecular formula is C26H26ClNO4. The Morgan fingerprint density at radius 1 is 0.938 bits per heavy atom. The van der Waals surface area contributed by atoms with E-state index in [0.717, 1.165) is 12.8 Å². The van der Waals surface area contributed by atoms with Gasteiger partial charge in [-0.1, -0.05) is 29.8 Å². The summed E-state index contributed by atoms with van der Waals surface area (Å²) in [7, 11) is 1.58. The van der Waals surface area contributed by atoms with Gasteiger partial charge in [-0.05, 0) is 86.2 Å². The zero-order chi connectivity index (χ0) is 22.5. The van der Waals surface area contributed by atoms with Crippen LogP contribution < -0.4 is 19.5 Å². The Morgan fingerprint density at radius 2 is 1.69 bits per heavy atom. The molecule has 3 aromatic rings. The second kappa shape index (κ2) is 9.96. The van der Waals surface area contributed by atoms with Crippen LogP contribution in [0.4, 0.5) is 5.69 Å². The monoisotopic (exact) mass is 451 g/mol. The van der Waals surface area contributed by atoms with Crippen molar-refractivity contribution in [1.82, 2.24) is 0 Å². The molecule has 0 radical (unpaired) electrons. The number of aryl methyl sites for hydroxylation is 2. The number of carbonyl (C=O) groups is 1. The van der Waals surface area contributed by atoms with Crippen molar-refractivity contribution in [3.05, 3.63) is 76.8 Å². The SMILES string of the molecule is COc1ccccc1Oc1ccc(Cl)cc1NC(=O)[C@@H](C)Oc1ccc2c(c1)CCCC2. The number of ether oxygens (including phenoxy) is 3. The van der Waals surface area contributed by atoms with Gasteiger partial charge in [-0.25, -0.2) is 0 Å². The van der Waals surface area contributed by atoms with E-state index in [-0.39, 0.29) is 5.91 Å². The molecule has 3 aromatic carbocycles. The number of anilines is 1. The van der Waals surface area contributed by atoms with Crippen molar-refractivity contribution in [2.45, 2.75) is 38.7 Å². The quantitative estimate of drug-likeness (QED) is 0.450. The van der Waals surface area contributed by atoms with E-state index in [1.54, 1.807) is 44.4 Å². The smallest absolute Gasteiger partial charge is 0.265 e. The number of rotatable bonds is 7. The largest absolute Gasteiger partial charge is 0.493 e. The first-order valence-electron chi connectivity index (χ1n) is 10.7. The predicted molar refractivity (Wildman–Crippen MR) is 126 cm³/mol. The number of halogens is 1. The molecule has 0 fully saturated rings. The first-order valence-corrected chi connectivity index (χ1v) is 11.1. The normalized spacial score (nSPS) is 13.6. The van der Waals surface area contributed by atoms with E-state index in [1.165, 1.54) is 24.0 Å². The molecule has 1 amide bonds. The van der Waals surface area contributed by atoms with Crippen molar-refractivity contribution in [3.63, 3.8) is 0 Å². The maximum absolute atomic E-state index is 12.9. The van der Waals surface area contributed by atoms with Crippen molar-refractivity contribution >= 4 is 23.2 Å². The number of amides is 1. The number of hydrogen-bond acceptors (Lipinski definition) is 4. The Hall–Kier alpha value is -3.18. The van der Waals surface area contributed by atoms with Gasteiger partial charge in [0.1, 0.15) is 5.75 Å². The van der Waals surface area contributed by atoms with Gasteiger partial charge < -0.3 is 19.5 Å². The molecule has 0 heterocycles. The van der Waals surface area contributed by atoms with Crippen LogP contribution in [0.15, 0.2) is 60.7 Å². The lowest BCUT2D eigenvalue weighted by Gasteiger charge is -2.20. The number of benzene rings is 3. The van der Waals surface area contributed by atoms with E-state index in [4.69, 9.17) is 25.8 Å². The predicted octanol–water partition coefficient (Wildman–Crippen LogP) is 6.43. The van der Waals surface area contributed by atoms with Gasteiger partial charge in [0.05, 0.1) is 12.8 Å². The molecule has 5 nitrogen and oxygen atoms in total. The molecule has 0 saturated carbocycles. The van der Waals surface area contributed by atoms with Crippen LogP contribution in [0.1, 0.15) is 30.9 Å². The number of para-hydroxylation sites is 2. The van der Waals surface area contributed by atoms with E-state index < -0.39 is 6.10 Å². The summed E-state index contributed by atoms with van der Waals surface area (Å²) >= 11 is 6.18. The summed E-state index contributed by atoms with van der Waals surface area (Å²) in [4.78, 5) is 12.9. The van der Waals surface area contributed by atoms with Crippen LogP contribution in [0.2, 0.25) is 5.02 Å². The number of hydrogen-bond donors (Lipinski definition) is 1. The summed E-state index contributed by atoms with van der Waals surface area (Å²) in [6.07, 6.45) is 3.88. The molecule has 32 heavy (non-hydrogen) atoms. The highest BCUT2D eigenvalue weighted by atomic mass is 35.5. The Bertz CT molecular complexity index is 1110. The molecule has 1 aliphatic carbocycles. The van der Waals surface area contributed by atoms with Gasteiger partial charge >= 0.3 is 0 Å². The molecule has 0 unspecified atom stereocenters. The van der Waals surface area contributed by atoms with E-state index in [1.807, 2.05) is 24.3 Å². The maximum Gasteiger partial charge on any atom is 0.265 e. The molecular weight excluding hydrogens is 426 g/mol. The van der Waals surface area contributed by atoms with E-state index >= 15 is 0 Å². The molecule has 1 aliphatic rings. The Balaban J connectivity index is 1.48. The topological polar surface area (TPSA) is 56.8 Å². The number of methoxy groups -OCH3 is 1. The van der Waals surface area contributed by atoms with Crippen molar-refractivity contribution in [3.8, 4) is 23.0 Å². The van der Waals surface area contributed by atoms with Crippen LogP contribution in [-0.4, -0.2) is 19.1 Å². The lowest BCUT2D eigenvalue weighted by molar-refractivity contribution is -0.122. The van der Waals surface area contributed by atoms with E-state index in [0.29, 0.717) is 33.7 Å². The van der Waals surface area contributed by atoms with E-state index in [9.17, 15) is 4.79 Å². The Morgan fingerprint density at radius 3 is 2.47 bits per heavy atom. The molecule has 1 N–H and O–H groups in total. The highest BCUT2D eigenvalue weighted by Gasteiger charge is 2.19. The van der Waals surface area contributed by atoms with Crippen molar-refractivity contribution in [2.24, 2.45) is 0 Å². The van der Waals surface area contributed by atoms with Crippen LogP contribution in [0, 0.1) is 0 Å². The second-order valence-corrected chi connectivity index (χ2v) is 8.22. The molecule has 0 aliphatic heterocycles. The maximum atomic E-state index is 12.9. The van der Waals surface area contributed by atoms with Crippen LogP contribution >= 0.6 is 11.6 Å². The highest BCUT2D eigenvalue weighted by Crippen LogP contribution is 2.36. The Kier molecular flexibility index (Phi) is 6.86. The third kappa shape index (κ3) is 5.17. The summed E-state index contributed by atoms with van der Waals surface area (Å²) in [5.74, 6) is 1.98. The molecule has 0 saturated heterocycles. The van der Waals surface area contributed by atoms with Crippen molar-refractivity contribution in [1.29, 1.82) is 0 Å². The lowest BCUT2D eigenvalue weighted by atomic mass is 9.92. The van der Waals surface area contributed by atoms with Gasteiger partial charge in [0.25, 0.3) is 5.91 Å². The summed E-state index contributed by atoms with van der Waals surface area (Å²) in [6.45, 7) is 1.72. The van der Waals surface area contributed by atoms with Crippen molar-refractivity contribution < 1.29 is 19.0 Å². The Labute approximate surface area is 193 Å². The zero-order valence-corrected chi connectivity index (χ0v) is 18.9. The number of fused-ring (bicyclic) bond motifs is 1. The molecule has 6 heteroatoms. The molecule has 0 aromatic heterocycles. The van der Waals surface area contributed by atoms with Crippen LogP contribution in [0.3, 0.4) is 0 Å². The zero-order valence-electron chi connectivity index (χ0n) is 18.2. The highest BCUT2D eigenvalue weighted by molar-refractivity contribution is 6.31. The number of nitrogens with one attached hydrogen (secondary N) is 1. The van der Waals surface area contributed by atoms with Gasteiger partial charge in [-0.3, -0.25) is 4.79 Å². The second-order valence-electron chi connectivity index (χ2n) is 7.78. The summed E-state index contributed by atoms with van der Waals surface area (Å²) < 4.78 is 17.3. The van der Waals surface area contributed by atoms with Gasteiger partial charge in [0, 0.05) is 5.02 Å². The van der Waals surface area contributed by atoms with E-state index in [2.05, 4.69) is 11.4 Å². The standard InChI is InChI=1S/C26H26ClNO4/c1-17(31-21-13-11-18-7-3-4-8-19(18)15-21)26(29)28-22-16-20(27)12-14-23(22)32-25-10-6-5-9-24(25)30-2/h5-6,9-17H,3-4,7-8H2,1-2H3,(H,28,29)/t17-/m1/s1. The third-order valence-electron chi connectivity index (χ3n) is 5.49. The average molecular weight is 452 g/mol. The third-order valence-corrected chi connectivity index (χ3v) is 5.73. The molecule has 4 rings (SSSR count). The average Bonchev–Trinajstić information content (AvgIpc) is 2.81. The molecule has 1 atom stereocenters. The molecule has 0 spiro atoms. The van der Waals surface area contributed by atoms with Crippen LogP contribution in [0.5, 0.6) is 23.0 Å². The van der Waals surface area contributed by atoms with Gasteiger partial charge in [-0.15, -0.1) is 0 Å². The fourth-order valence-electron chi connectivity index (χ4n) is 3.79. The number of carbonyl (C=O) groups excluding carboxylic acids is 1. The first-order chi connectivity index (χ1) is 15.5. The van der Waals surface area contributed by atoms with Gasteiger partial charge in [0.15, 0.2) is 23.4 Å². The van der Waals surface area contributed by atoms with Crippen LogP contribution in [0.25, 0.3) is 0 Å². The molecule has 166 valence electrons. The minimum atomic E-state index is -0.699. The van der Waals surface area contributed by atoms with Gasteiger partial charge in [0.2, 0.25) is 0 Å². The van der Waals surface area contributed by atoms with Crippen LogP contribution in [-0.2, 0) is 17.6 Å². The minimum absolute atomic E-state index is 0.296.